The number of rotatable bonds is 11. The van der Waals surface area contributed by atoms with E-state index in [0.29, 0.717) is 29.5 Å². The van der Waals surface area contributed by atoms with Gasteiger partial charge in [0.05, 0.1) is 25.2 Å². The molecular formula is C44H52FN7O5. The monoisotopic (exact) mass is 777 g/mol. The molecule has 0 bridgehead atoms. The number of anilines is 1. The Morgan fingerprint density at radius 3 is 2.51 bits per heavy atom. The summed E-state index contributed by atoms with van der Waals surface area (Å²) in [6, 6.07) is 21.0. The molecule has 3 fully saturated rings. The second-order valence-corrected chi connectivity index (χ2v) is 16.1. The number of methoxy groups -OCH3 is 2. The number of aromatic amines is 1. The summed E-state index contributed by atoms with van der Waals surface area (Å²) in [7, 11) is 3.11. The predicted molar refractivity (Wildman–Crippen MR) is 216 cm³/mol. The van der Waals surface area contributed by atoms with E-state index in [-0.39, 0.29) is 39.8 Å². The summed E-state index contributed by atoms with van der Waals surface area (Å²) in [4.78, 5) is 31.9. The molecule has 1 amide bonds. The van der Waals surface area contributed by atoms with Gasteiger partial charge in [-0.25, -0.2) is 14.9 Å². The van der Waals surface area contributed by atoms with Crippen LogP contribution in [0.5, 0.6) is 23.3 Å². The first-order valence-electron chi connectivity index (χ1n) is 19.9. The van der Waals surface area contributed by atoms with Gasteiger partial charge in [0.1, 0.15) is 17.2 Å². The van der Waals surface area contributed by atoms with E-state index >= 15 is 0 Å². The first-order chi connectivity index (χ1) is 27.6. The van der Waals surface area contributed by atoms with Crippen molar-refractivity contribution in [3.05, 3.63) is 101 Å². The van der Waals surface area contributed by atoms with E-state index < -0.39 is 11.7 Å². The van der Waals surface area contributed by atoms with E-state index in [1.54, 1.807) is 24.7 Å². The first-order valence-corrected chi connectivity index (χ1v) is 19.9. The normalized spacial score (nSPS) is 19.4. The number of hydrogen-bond acceptors (Lipinski definition) is 10. The van der Waals surface area contributed by atoms with Crippen molar-refractivity contribution in [2.75, 3.05) is 51.8 Å². The minimum absolute atomic E-state index is 0.122. The molecule has 0 radical (unpaired) electrons. The van der Waals surface area contributed by atoms with Gasteiger partial charge in [0, 0.05) is 87.1 Å². The van der Waals surface area contributed by atoms with Gasteiger partial charge >= 0.3 is 0 Å². The third-order valence-electron chi connectivity index (χ3n) is 12.7. The molecule has 12 nitrogen and oxygen atoms in total. The van der Waals surface area contributed by atoms with Gasteiger partial charge in [-0.05, 0) is 78.8 Å². The smallest absolute Gasteiger partial charge is 0.278 e. The Hall–Kier alpha value is -5.24. The molecule has 2 atom stereocenters. The number of pyridine rings is 2. The zero-order chi connectivity index (χ0) is 39.8. The fourth-order valence-corrected chi connectivity index (χ4v) is 9.41. The van der Waals surface area contributed by atoms with Crippen LogP contribution in [0.2, 0.25) is 0 Å². The second-order valence-electron chi connectivity index (χ2n) is 16.1. The molecule has 0 unspecified atom stereocenters. The van der Waals surface area contributed by atoms with Gasteiger partial charge in [0.25, 0.3) is 11.8 Å². The summed E-state index contributed by atoms with van der Waals surface area (Å²) in [5.74, 6) is 0.341. The number of hydroxylamine groups is 1. The Kier molecular flexibility index (Phi) is 10.8. The molecule has 2 aromatic carbocycles. The molecule has 3 N–H and O–H groups in total. The molecule has 3 aliphatic rings. The molecule has 2 saturated heterocycles. The number of nitrogens with zero attached hydrogens (tertiary/aromatic N) is 5. The number of carbonyl (C=O) groups excluding carboxylic acids is 1. The Labute approximate surface area is 332 Å². The Balaban J connectivity index is 0.977. The lowest BCUT2D eigenvalue weighted by Crippen LogP contribution is -2.60. The number of nitrogens with one attached hydrogen (secondary N) is 2. The molecule has 2 aliphatic heterocycles. The van der Waals surface area contributed by atoms with Crippen molar-refractivity contribution < 1.29 is 28.6 Å². The van der Waals surface area contributed by atoms with Crippen molar-refractivity contribution in [1.29, 1.82) is 0 Å². The van der Waals surface area contributed by atoms with Gasteiger partial charge in [-0.1, -0.05) is 38.1 Å². The van der Waals surface area contributed by atoms with Crippen molar-refractivity contribution in [2.24, 2.45) is 5.41 Å². The van der Waals surface area contributed by atoms with Crippen molar-refractivity contribution in [3.8, 4) is 23.3 Å². The summed E-state index contributed by atoms with van der Waals surface area (Å²) in [6.45, 7) is 11.6. The van der Waals surface area contributed by atoms with E-state index in [1.807, 2.05) is 12.3 Å². The van der Waals surface area contributed by atoms with Gasteiger partial charge in [0.2, 0.25) is 5.88 Å². The lowest BCUT2D eigenvalue weighted by molar-refractivity contribution is -0.0668. The third-order valence-corrected chi connectivity index (χ3v) is 12.7. The summed E-state index contributed by atoms with van der Waals surface area (Å²) in [5.41, 5.74) is 7.41. The number of fused-ring (bicyclic) bond motifs is 1. The van der Waals surface area contributed by atoms with Crippen LogP contribution in [0.1, 0.15) is 91.5 Å². The van der Waals surface area contributed by atoms with Gasteiger partial charge in [-0.15, -0.1) is 0 Å². The SMILES string of the molecule is COc1cc([C@@H](C)N2CCN(C3CC4(CCN(c5ccc(C(=O)NO)c(Oc6cc7c(F)c[nH]c7nc6OC)c5)CC4)C3)[C@H](c3ccccc3C(C)C)C2)ccn1. The van der Waals surface area contributed by atoms with Crippen LogP contribution in [0, 0.1) is 11.2 Å². The number of carbonyl (C=O) groups is 1. The Morgan fingerprint density at radius 1 is 0.982 bits per heavy atom. The lowest BCUT2D eigenvalue weighted by atomic mass is 9.59. The van der Waals surface area contributed by atoms with Crippen LogP contribution in [-0.2, 0) is 0 Å². The largest absolute Gasteiger partial charge is 0.481 e. The minimum Gasteiger partial charge on any atom is -0.481 e. The number of benzene rings is 2. The molecule has 13 heteroatoms. The average molecular weight is 778 g/mol. The van der Waals surface area contributed by atoms with Crippen molar-refractivity contribution >= 4 is 22.6 Å². The van der Waals surface area contributed by atoms with Crippen molar-refractivity contribution in [1.82, 2.24) is 30.2 Å². The van der Waals surface area contributed by atoms with Gasteiger partial charge < -0.3 is 24.1 Å². The zero-order valence-electron chi connectivity index (χ0n) is 33.3. The minimum atomic E-state index is -0.724. The number of piperidine rings is 1. The van der Waals surface area contributed by atoms with Crippen LogP contribution in [0.4, 0.5) is 10.1 Å². The zero-order valence-corrected chi connectivity index (χ0v) is 33.3. The molecule has 5 aromatic rings. The molecule has 57 heavy (non-hydrogen) atoms. The van der Waals surface area contributed by atoms with Crippen LogP contribution in [-0.4, -0.2) is 88.9 Å². The van der Waals surface area contributed by atoms with E-state index in [9.17, 15) is 14.4 Å². The maximum atomic E-state index is 14.5. The van der Waals surface area contributed by atoms with E-state index in [2.05, 4.69) is 86.8 Å². The van der Waals surface area contributed by atoms with Crippen molar-refractivity contribution in [2.45, 2.75) is 70.5 Å². The van der Waals surface area contributed by atoms with Gasteiger partial charge in [0.15, 0.2) is 5.75 Å². The maximum Gasteiger partial charge on any atom is 0.278 e. The molecule has 8 rings (SSSR count). The fourth-order valence-electron chi connectivity index (χ4n) is 9.41. The predicted octanol–water partition coefficient (Wildman–Crippen LogP) is 8.02. The first kappa shape index (κ1) is 38.6. The lowest BCUT2D eigenvalue weighted by Gasteiger charge is -2.58. The molecule has 3 aromatic heterocycles. The Morgan fingerprint density at radius 2 is 1.77 bits per heavy atom. The standard InChI is InChI=1S/C44H52FN7O5/c1-27(2)32-8-6-7-9-33(32)37-26-51(28(3)29-12-15-46-40(20-29)55-4)18-19-52(37)31-23-44(24-31)13-16-50(17-14-44)30-10-11-34(42(53)49-54)38(21-30)57-39-22-35-36(45)25-47-41(35)48-43(39)56-5/h6-12,15,20-22,25,27-28,31,37,54H,13-14,16-19,23-24,26H2,1-5H3,(H,47,48)(H,49,53)/t28-,37+/m1/s1. The van der Waals surface area contributed by atoms with Crippen LogP contribution in [0.25, 0.3) is 11.0 Å². The van der Waals surface area contributed by atoms with Crippen LogP contribution in [0.15, 0.2) is 73.1 Å². The van der Waals surface area contributed by atoms with E-state index in [4.69, 9.17) is 14.2 Å². The highest BCUT2D eigenvalue weighted by Crippen LogP contribution is 2.53. The van der Waals surface area contributed by atoms with E-state index in [1.165, 1.54) is 48.9 Å². The molecule has 1 saturated carbocycles. The number of ether oxygens (including phenoxy) is 3. The van der Waals surface area contributed by atoms with Crippen LogP contribution in [0.3, 0.4) is 0 Å². The summed E-state index contributed by atoms with van der Waals surface area (Å²) in [5, 5.41) is 9.74. The molecule has 300 valence electrons. The number of amides is 1. The summed E-state index contributed by atoms with van der Waals surface area (Å²) in [6.07, 6.45) is 7.53. The highest BCUT2D eigenvalue weighted by molar-refractivity contribution is 5.97. The highest BCUT2D eigenvalue weighted by atomic mass is 19.1. The highest BCUT2D eigenvalue weighted by Gasteiger charge is 2.50. The maximum absolute atomic E-state index is 14.5. The molecule has 1 aliphatic carbocycles. The number of H-pyrrole nitrogens is 1. The second kappa shape index (κ2) is 16.0. The Bertz CT molecular complexity index is 2230. The van der Waals surface area contributed by atoms with E-state index in [0.717, 1.165) is 51.3 Å². The molecule has 1 spiro atoms. The molecule has 5 heterocycles. The van der Waals surface area contributed by atoms with Crippen LogP contribution >= 0.6 is 0 Å². The topological polar surface area (TPSA) is 128 Å². The average Bonchev–Trinajstić information content (AvgIpc) is 3.60. The number of hydrogen-bond donors (Lipinski definition) is 3. The number of halogens is 1. The van der Waals surface area contributed by atoms with Crippen molar-refractivity contribution in [3.63, 3.8) is 0 Å². The third kappa shape index (κ3) is 7.51. The van der Waals surface area contributed by atoms with Gasteiger partial charge in [-0.3, -0.25) is 19.8 Å². The number of piperazine rings is 1. The fraction of sp³-hybridized carbons (Fsp3) is 0.432. The number of aromatic nitrogens is 3. The quantitative estimate of drug-likeness (QED) is 0.0897. The molecular weight excluding hydrogens is 726 g/mol. The van der Waals surface area contributed by atoms with Crippen LogP contribution < -0.4 is 24.6 Å². The summed E-state index contributed by atoms with van der Waals surface area (Å²) >= 11 is 0. The van der Waals surface area contributed by atoms with Gasteiger partial charge in [-0.2, -0.15) is 4.98 Å². The summed E-state index contributed by atoms with van der Waals surface area (Å²) < 4.78 is 31.6.